The third kappa shape index (κ3) is 3.19. The molecule has 0 unspecified atom stereocenters. The van der Waals surface area contributed by atoms with Crippen LogP contribution in [0, 0.1) is 0 Å². The van der Waals surface area contributed by atoms with Crippen molar-refractivity contribution in [2.75, 3.05) is 5.32 Å². The zero-order valence-electron chi connectivity index (χ0n) is 9.67. The number of nitrogens with zero attached hydrogens (tertiary/aromatic N) is 3. The van der Waals surface area contributed by atoms with Crippen molar-refractivity contribution in [1.82, 2.24) is 15.2 Å². The SMILES string of the molecule is O=C(O)c1ccc(NC(=O)c2cc(Cl)nnc2Cl)nc1. The predicted octanol–water partition coefficient (Wildman–Crippen LogP) is 2.13. The van der Waals surface area contributed by atoms with Crippen LogP contribution in [0.1, 0.15) is 20.7 Å². The van der Waals surface area contributed by atoms with Crippen molar-refractivity contribution >= 4 is 40.9 Å². The van der Waals surface area contributed by atoms with E-state index < -0.39 is 11.9 Å². The highest BCUT2D eigenvalue weighted by atomic mass is 35.5. The smallest absolute Gasteiger partial charge is 0.337 e. The molecule has 2 N–H and O–H groups in total. The van der Waals surface area contributed by atoms with Gasteiger partial charge in [-0.1, -0.05) is 23.2 Å². The van der Waals surface area contributed by atoms with Crippen LogP contribution < -0.4 is 5.32 Å². The van der Waals surface area contributed by atoms with Crippen LogP contribution in [0.2, 0.25) is 10.3 Å². The van der Waals surface area contributed by atoms with E-state index in [1.165, 1.54) is 18.2 Å². The lowest BCUT2D eigenvalue weighted by atomic mass is 10.2. The second kappa shape index (κ2) is 5.81. The van der Waals surface area contributed by atoms with E-state index in [1.807, 2.05) is 0 Å². The molecule has 0 spiro atoms. The van der Waals surface area contributed by atoms with Crippen LogP contribution in [0.5, 0.6) is 0 Å². The Morgan fingerprint density at radius 3 is 2.55 bits per heavy atom. The average molecular weight is 313 g/mol. The van der Waals surface area contributed by atoms with Gasteiger partial charge in [0, 0.05) is 6.20 Å². The van der Waals surface area contributed by atoms with Gasteiger partial charge in [0.1, 0.15) is 5.82 Å². The highest BCUT2D eigenvalue weighted by Gasteiger charge is 2.14. The first-order valence-electron chi connectivity index (χ1n) is 5.17. The molecule has 0 aliphatic carbocycles. The van der Waals surface area contributed by atoms with Gasteiger partial charge in [-0.05, 0) is 18.2 Å². The van der Waals surface area contributed by atoms with Gasteiger partial charge in [0.05, 0.1) is 11.1 Å². The lowest BCUT2D eigenvalue weighted by molar-refractivity contribution is 0.0696. The number of aromatic nitrogens is 3. The maximum absolute atomic E-state index is 11.9. The molecule has 0 atom stereocenters. The minimum Gasteiger partial charge on any atom is -0.478 e. The van der Waals surface area contributed by atoms with Crippen molar-refractivity contribution in [2.45, 2.75) is 0 Å². The van der Waals surface area contributed by atoms with E-state index in [1.54, 1.807) is 0 Å². The number of aromatic carboxylic acids is 1. The standard InChI is InChI=1S/C11H6Cl2N4O3/c12-7-3-6(9(13)17-16-7)10(18)15-8-2-1-5(4-14-8)11(19)20/h1-4H,(H,19,20)(H,14,15,18). The first-order valence-corrected chi connectivity index (χ1v) is 5.92. The Balaban J connectivity index is 2.19. The van der Waals surface area contributed by atoms with E-state index >= 15 is 0 Å². The fourth-order valence-electron chi connectivity index (χ4n) is 1.29. The molecule has 0 aliphatic rings. The number of nitrogens with one attached hydrogen (secondary N) is 1. The number of hydrogen-bond acceptors (Lipinski definition) is 5. The zero-order valence-corrected chi connectivity index (χ0v) is 11.2. The van der Waals surface area contributed by atoms with Gasteiger partial charge in [0.25, 0.3) is 5.91 Å². The number of hydrogen-bond donors (Lipinski definition) is 2. The Morgan fingerprint density at radius 2 is 1.95 bits per heavy atom. The van der Waals surface area contributed by atoms with Crippen LogP contribution in [0.25, 0.3) is 0 Å². The largest absolute Gasteiger partial charge is 0.478 e. The number of rotatable bonds is 3. The first kappa shape index (κ1) is 14.2. The van der Waals surface area contributed by atoms with Crippen molar-refractivity contribution in [2.24, 2.45) is 0 Å². The number of carboxylic acids is 1. The molecule has 2 aromatic rings. The van der Waals surface area contributed by atoms with E-state index in [-0.39, 0.29) is 27.3 Å². The molecule has 0 radical (unpaired) electrons. The number of carbonyl (C=O) groups excluding carboxylic acids is 1. The zero-order chi connectivity index (χ0) is 14.7. The summed E-state index contributed by atoms with van der Waals surface area (Å²) in [5.74, 6) is -1.52. The molecule has 7 nitrogen and oxygen atoms in total. The fourth-order valence-corrected chi connectivity index (χ4v) is 1.62. The lowest BCUT2D eigenvalue weighted by Crippen LogP contribution is -2.14. The maximum atomic E-state index is 11.9. The predicted molar refractivity (Wildman–Crippen MR) is 71.2 cm³/mol. The van der Waals surface area contributed by atoms with Crippen LogP contribution in [-0.4, -0.2) is 32.2 Å². The second-order valence-corrected chi connectivity index (χ2v) is 4.31. The van der Waals surface area contributed by atoms with Gasteiger partial charge < -0.3 is 10.4 Å². The van der Waals surface area contributed by atoms with Gasteiger partial charge in [0.2, 0.25) is 0 Å². The molecule has 102 valence electrons. The average Bonchev–Trinajstić information content (AvgIpc) is 2.42. The minimum absolute atomic E-state index is 0.00894. The van der Waals surface area contributed by atoms with Crippen molar-refractivity contribution < 1.29 is 14.7 Å². The molecule has 2 heterocycles. The monoisotopic (exact) mass is 312 g/mol. The molecular formula is C11H6Cl2N4O3. The number of anilines is 1. The summed E-state index contributed by atoms with van der Waals surface area (Å²) in [6.07, 6.45) is 1.12. The van der Waals surface area contributed by atoms with E-state index in [2.05, 4.69) is 20.5 Å². The molecule has 0 bridgehead atoms. The van der Waals surface area contributed by atoms with Gasteiger partial charge in [-0.2, -0.15) is 0 Å². The lowest BCUT2D eigenvalue weighted by Gasteiger charge is -2.05. The molecule has 9 heteroatoms. The molecule has 0 aliphatic heterocycles. The number of pyridine rings is 1. The Hall–Kier alpha value is -2.25. The molecule has 2 aromatic heterocycles. The van der Waals surface area contributed by atoms with Crippen LogP contribution in [0.3, 0.4) is 0 Å². The summed E-state index contributed by atoms with van der Waals surface area (Å²) in [6, 6.07) is 3.92. The summed E-state index contributed by atoms with van der Waals surface area (Å²) < 4.78 is 0. The normalized spacial score (nSPS) is 10.1. The molecule has 0 fully saturated rings. The molecule has 0 aromatic carbocycles. The Bertz CT molecular complexity index is 676. The number of carbonyl (C=O) groups is 2. The molecule has 1 amide bonds. The molecule has 20 heavy (non-hydrogen) atoms. The van der Waals surface area contributed by atoms with E-state index in [0.29, 0.717) is 0 Å². The summed E-state index contributed by atoms with van der Waals surface area (Å²) in [5.41, 5.74) is 0.0467. The van der Waals surface area contributed by atoms with Gasteiger partial charge in [-0.3, -0.25) is 4.79 Å². The third-order valence-electron chi connectivity index (χ3n) is 2.22. The molecule has 0 saturated carbocycles. The summed E-state index contributed by atoms with van der Waals surface area (Å²) in [6.45, 7) is 0. The fraction of sp³-hybridized carbons (Fsp3) is 0. The number of halogens is 2. The summed E-state index contributed by atoms with van der Waals surface area (Å²) in [7, 11) is 0. The summed E-state index contributed by atoms with van der Waals surface area (Å²) in [5, 5.41) is 18.1. The highest BCUT2D eigenvalue weighted by molar-refractivity contribution is 6.34. The maximum Gasteiger partial charge on any atom is 0.337 e. The Morgan fingerprint density at radius 1 is 1.20 bits per heavy atom. The molecular weight excluding hydrogens is 307 g/mol. The quantitative estimate of drug-likeness (QED) is 0.899. The van der Waals surface area contributed by atoms with Crippen molar-refractivity contribution in [3.63, 3.8) is 0 Å². The van der Waals surface area contributed by atoms with Crippen molar-refractivity contribution in [3.05, 3.63) is 45.8 Å². The number of carboxylic acid groups (broad SMARTS) is 1. The third-order valence-corrected chi connectivity index (χ3v) is 2.68. The van der Waals surface area contributed by atoms with E-state index in [0.717, 1.165) is 6.20 Å². The number of amides is 1. The van der Waals surface area contributed by atoms with Crippen LogP contribution >= 0.6 is 23.2 Å². The summed E-state index contributed by atoms with van der Waals surface area (Å²) >= 11 is 11.4. The molecule has 2 rings (SSSR count). The highest BCUT2D eigenvalue weighted by Crippen LogP contribution is 2.17. The molecule has 0 saturated heterocycles. The van der Waals surface area contributed by atoms with Gasteiger partial charge >= 0.3 is 5.97 Å². The second-order valence-electron chi connectivity index (χ2n) is 3.56. The van der Waals surface area contributed by atoms with Gasteiger partial charge in [-0.15, -0.1) is 10.2 Å². The van der Waals surface area contributed by atoms with Crippen molar-refractivity contribution in [3.8, 4) is 0 Å². The van der Waals surface area contributed by atoms with Crippen molar-refractivity contribution in [1.29, 1.82) is 0 Å². The van der Waals surface area contributed by atoms with Crippen LogP contribution in [-0.2, 0) is 0 Å². The van der Waals surface area contributed by atoms with E-state index in [9.17, 15) is 9.59 Å². The van der Waals surface area contributed by atoms with Crippen LogP contribution in [0.4, 0.5) is 5.82 Å². The van der Waals surface area contributed by atoms with Gasteiger partial charge in [0.15, 0.2) is 10.3 Å². The first-order chi connectivity index (χ1) is 9.47. The van der Waals surface area contributed by atoms with E-state index in [4.69, 9.17) is 28.3 Å². The Kier molecular flexibility index (Phi) is 4.11. The minimum atomic E-state index is -1.11. The van der Waals surface area contributed by atoms with Gasteiger partial charge in [-0.25, -0.2) is 9.78 Å². The van der Waals surface area contributed by atoms with Crippen LogP contribution in [0.15, 0.2) is 24.4 Å². The topological polar surface area (TPSA) is 105 Å². The Labute approximate surface area is 122 Å². The summed E-state index contributed by atoms with van der Waals surface area (Å²) in [4.78, 5) is 26.4.